The summed E-state index contributed by atoms with van der Waals surface area (Å²) in [7, 11) is 0. The van der Waals surface area contributed by atoms with Crippen molar-refractivity contribution in [3.05, 3.63) is 89.7 Å². The van der Waals surface area contributed by atoms with Crippen LogP contribution in [0, 0.1) is 0 Å². The Hall–Kier alpha value is -3.45. The Morgan fingerprint density at radius 3 is 2.51 bits per heavy atom. The Balaban J connectivity index is 1.31. The van der Waals surface area contributed by atoms with E-state index >= 15 is 0 Å². The molecule has 6 nitrogen and oxygen atoms in total. The van der Waals surface area contributed by atoms with E-state index in [9.17, 15) is 4.79 Å². The summed E-state index contributed by atoms with van der Waals surface area (Å²) < 4.78 is 0. The van der Waals surface area contributed by atoms with Crippen molar-refractivity contribution in [2.45, 2.75) is 25.4 Å². The second-order valence-corrected chi connectivity index (χ2v) is 9.46. The standard InChI is InChI=1S/C28H28ClN5O/c29-22-2-1-3-25(15-22)33-28(35)32-24-8-6-20(7-9-24)27-17-31-16-21-5-4-19(14-26(21)27)18-34-12-10-23(30)11-13-34/h1-9,14-17,23H,10-13,18,30H2,(H2,32,33,35). The third kappa shape index (κ3) is 5.80. The van der Waals surface area contributed by atoms with Gasteiger partial charge in [0.1, 0.15) is 0 Å². The fourth-order valence-corrected chi connectivity index (χ4v) is 4.69. The number of anilines is 2. The highest BCUT2D eigenvalue weighted by molar-refractivity contribution is 6.30. The fraction of sp³-hybridized carbons (Fsp3) is 0.214. The summed E-state index contributed by atoms with van der Waals surface area (Å²) in [5, 5.41) is 8.50. The van der Waals surface area contributed by atoms with Crippen molar-refractivity contribution in [3.8, 4) is 11.1 Å². The molecule has 35 heavy (non-hydrogen) atoms. The van der Waals surface area contributed by atoms with E-state index in [1.807, 2.05) is 36.7 Å². The molecule has 5 rings (SSSR count). The van der Waals surface area contributed by atoms with Crippen LogP contribution in [0.4, 0.5) is 16.2 Å². The van der Waals surface area contributed by atoms with Gasteiger partial charge in [0.05, 0.1) is 0 Å². The zero-order valence-corrected chi connectivity index (χ0v) is 20.1. The number of amides is 2. The van der Waals surface area contributed by atoms with Gasteiger partial charge in [0.15, 0.2) is 0 Å². The van der Waals surface area contributed by atoms with Crippen LogP contribution in [0.1, 0.15) is 18.4 Å². The van der Waals surface area contributed by atoms with E-state index in [2.05, 4.69) is 38.7 Å². The molecule has 1 aliphatic heterocycles. The summed E-state index contributed by atoms with van der Waals surface area (Å²) in [5.74, 6) is 0. The number of nitrogens with zero attached hydrogens (tertiary/aromatic N) is 2. The molecule has 0 radical (unpaired) electrons. The molecule has 0 saturated carbocycles. The molecule has 1 aromatic heterocycles. The zero-order chi connectivity index (χ0) is 24.2. The number of rotatable bonds is 5. The van der Waals surface area contributed by atoms with Gasteiger partial charge in [-0.25, -0.2) is 4.79 Å². The molecule has 4 aromatic rings. The van der Waals surface area contributed by atoms with Crippen LogP contribution >= 0.6 is 11.6 Å². The zero-order valence-electron chi connectivity index (χ0n) is 19.4. The summed E-state index contributed by atoms with van der Waals surface area (Å²) in [6.45, 7) is 3.01. The lowest BCUT2D eigenvalue weighted by Crippen LogP contribution is -2.39. The highest BCUT2D eigenvalue weighted by atomic mass is 35.5. The van der Waals surface area contributed by atoms with Gasteiger partial charge in [0.2, 0.25) is 0 Å². The number of aromatic nitrogens is 1. The van der Waals surface area contributed by atoms with Crippen LogP contribution in [-0.2, 0) is 6.54 Å². The number of urea groups is 1. The number of pyridine rings is 1. The monoisotopic (exact) mass is 485 g/mol. The predicted molar refractivity (Wildman–Crippen MR) is 144 cm³/mol. The maximum Gasteiger partial charge on any atom is 0.323 e. The maximum atomic E-state index is 12.4. The van der Waals surface area contributed by atoms with Gasteiger partial charge in [-0.1, -0.05) is 41.9 Å². The van der Waals surface area contributed by atoms with Crippen LogP contribution in [0.15, 0.2) is 79.1 Å². The normalized spacial score (nSPS) is 14.7. The molecule has 0 unspecified atom stereocenters. The molecular formula is C28H28ClN5O. The molecule has 1 saturated heterocycles. The lowest BCUT2D eigenvalue weighted by Gasteiger charge is -2.30. The van der Waals surface area contributed by atoms with Gasteiger partial charge in [0.25, 0.3) is 0 Å². The number of hydrogen-bond acceptors (Lipinski definition) is 4. The van der Waals surface area contributed by atoms with Crippen molar-refractivity contribution in [1.82, 2.24) is 9.88 Å². The van der Waals surface area contributed by atoms with E-state index in [-0.39, 0.29) is 6.03 Å². The van der Waals surface area contributed by atoms with Crippen LogP contribution in [-0.4, -0.2) is 35.0 Å². The third-order valence-electron chi connectivity index (χ3n) is 6.40. The second-order valence-electron chi connectivity index (χ2n) is 9.02. The highest BCUT2D eigenvalue weighted by Gasteiger charge is 2.16. The number of benzene rings is 3. The number of piperidine rings is 1. The van der Waals surface area contributed by atoms with Crippen molar-refractivity contribution >= 4 is 39.8 Å². The molecule has 0 bridgehead atoms. The number of halogens is 1. The summed E-state index contributed by atoms with van der Waals surface area (Å²) >= 11 is 5.99. The van der Waals surface area contributed by atoms with E-state index in [1.54, 1.807) is 24.3 Å². The minimum Gasteiger partial charge on any atom is -0.328 e. The highest BCUT2D eigenvalue weighted by Crippen LogP contribution is 2.30. The molecule has 1 fully saturated rings. The number of carbonyl (C=O) groups is 1. The first-order valence-electron chi connectivity index (χ1n) is 11.8. The molecule has 0 aliphatic carbocycles. The average molecular weight is 486 g/mol. The Bertz CT molecular complexity index is 1330. The number of carbonyl (C=O) groups excluding carboxylic acids is 1. The lowest BCUT2D eigenvalue weighted by atomic mass is 9.98. The molecule has 0 spiro atoms. The van der Waals surface area contributed by atoms with Gasteiger partial charge >= 0.3 is 6.03 Å². The van der Waals surface area contributed by atoms with E-state index in [0.717, 1.165) is 49.0 Å². The second kappa shape index (κ2) is 10.4. The molecule has 4 N–H and O–H groups in total. The van der Waals surface area contributed by atoms with E-state index in [4.69, 9.17) is 17.3 Å². The number of hydrogen-bond donors (Lipinski definition) is 3. The number of likely N-dealkylation sites (tertiary alicyclic amines) is 1. The van der Waals surface area contributed by atoms with E-state index < -0.39 is 0 Å². The number of nitrogens with one attached hydrogen (secondary N) is 2. The van der Waals surface area contributed by atoms with Crippen molar-refractivity contribution in [1.29, 1.82) is 0 Å². The van der Waals surface area contributed by atoms with Gasteiger partial charge < -0.3 is 16.4 Å². The largest absolute Gasteiger partial charge is 0.328 e. The molecule has 3 aromatic carbocycles. The SMILES string of the molecule is NC1CCN(Cc2ccc3cncc(-c4ccc(NC(=O)Nc5cccc(Cl)c5)cc4)c3c2)CC1. The van der Waals surface area contributed by atoms with Crippen LogP contribution in [0.3, 0.4) is 0 Å². The Labute approximate surface area is 210 Å². The van der Waals surface area contributed by atoms with Crippen molar-refractivity contribution in [3.63, 3.8) is 0 Å². The molecule has 1 aliphatic rings. The van der Waals surface area contributed by atoms with Crippen molar-refractivity contribution < 1.29 is 4.79 Å². The fourth-order valence-electron chi connectivity index (χ4n) is 4.50. The minimum atomic E-state index is -0.324. The van der Waals surface area contributed by atoms with Crippen LogP contribution < -0.4 is 16.4 Å². The smallest absolute Gasteiger partial charge is 0.323 e. The van der Waals surface area contributed by atoms with Crippen LogP contribution in [0.5, 0.6) is 0 Å². The third-order valence-corrected chi connectivity index (χ3v) is 6.63. The van der Waals surface area contributed by atoms with E-state index in [1.165, 1.54) is 10.9 Å². The van der Waals surface area contributed by atoms with Gasteiger partial charge in [-0.15, -0.1) is 0 Å². The number of nitrogens with two attached hydrogens (primary N) is 1. The number of fused-ring (bicyclic) bond motifs is 1. The Morgan fingerprint density at radius 2 is 1.74 bits per heavy atom. The van der Waals surface area contributed by atoms with Crippen molar-refractivity contribution in [2.75, 3.05) is 23.7 Å². The van der Waals surface area contributed by atoms with Gasteiger partial charge in [-0.3, -0.25) is 9.88 Å². The first-order chi connectivity index (χ1) is 17.0. The average Bonchev–Trinajstić information content (AvgIpc) is 2.85. The summed E-state index contributed by atoms with van der Waals surface area (Å²) in [4.78, 5) is 19.3. The Morgan fingerprint density at radius 1 is 0.971 bits per heavy atom. The molecular weight excluding hydrogens is 458 g/mol. The molecule has 0 atom stereocenters. The quantitative estimate of drug-likeness (QED) is 0.318. The predicted octanol–water partition coefficient (Wildman–Crippen LogP) is 6.12. The first-order valence-corrected chi connectivity index (χ1v) is 12.2. The molecule has 178 valence electrons. The summed E-state index contributed by atoms with van der Waals surface area (Å²) in [6, 6.07) is 21.5. The van der Waals surface area contributed by atoms with E-state index in [0.29, 0.717) is 22.4 Å². The summed E-state index contributed by atoms with van der Waals surface area (Å²) in [6.07, 6.45) is 5.92. The maximum absolute atomic E-state index is 12.4. The first kappa shape index (κ1) is 23.3. The topological polar surface area (TPSA) is 83.3 Å². The Kier molecular flexibility index (Phi) is 6.95. The van der Waals surface area contributed by atoms with Gasteiger partial charge in [-0.05, 0) is 78.8 Å². The van der Waals surface area contributed by atoms with Gasteiger partial charge in [0, 0.05) is 52.3 Å². The minimum absolute atomic E-state index is 0.324. The van der Waals surface area contributed by atoms with Crippen LogP contribution in [0.25, 0.3) is 21.9 Å². The lowest BCUT2D eigenvalue weighted by molar-refractivity contribution is 0.206. The van der Waals surface area contributed by atoms with Gasteiger partial charge in [-0.2, -0.15) is 0 Å². The van der Waals surface area contributed by atoms with Crippen molar-refractivity contribution in [2.24, 2.45) is 5.73 Å². The summed E-state index contributed by atoms with van der Waals surface area (Å²) in [5.41, 5.74) is 10.8. The molecule has 7 heteroatoms. The molecule has 2 amide bonds. The van der Waals surface area contributed by atoms with Crippen LogP contribution in [0.2, 0.25) is 5.02 Å². The molecule has 2 heterocycles.